The number of nitrogens with one attached hydrogen (secondary N) is 1. The average molecular weight is 311 g/mol. The second-order valence-electron chi connectivity index (χ2n) is 6.13. The summed E-state index contributed by atoms with van der Waals surface area (Å²) in [5.41, 5.74) is 0.849. The summed E-state index contributed by atoms with van der Waals surface area (Å²) < 4.78 is 27.5. The van der Waals surface area contributed by atoms with Crippen LogP contribution in [0.2, 0.25) is 0 Å². The number of sulfonamides is 1. The van der Waals surface area contributed by atoms with Gasteiger partial charge < -0.3 is 5.11 Å². The third-order valence-electron chi connectivity index (χ3n) is 4.72. The van der Waals surface area contributed by atoms with Crippen molar-refractivity contribution in [2.24, 2.45) is 5.41 Å². The summed E-state index contributed by atoms with van der Waals surface area (Å²) in [7, 11) is -3.47. The van der Waals surface area contributed by atoms with E-state index in [1.54, 1.807) is 31.2 Å². The van der Waals surface area contributed by atoms with Crippen molar-refractivity contribution >= 4 is 10.0 Å². The van der Waals surface area contributed by atoms with Gasteiger partial charge in [-0.2, -0.15) is 0 Å². The van der Waals surface area contributed by atoms with Crippen molar-refractivity contribution in [1.82, 2.24) is 4.72 Å². The average Bonchev–Trinajstić information content (AvgIpc) is 2.95. The number of aliphatic hydroxyl groups is 1. The minimum Gasteiger partial charge on any atom is -0.389 e. The molecule has 1 aliphatic carbocycles. The third-order valence-corrected chi connectivity index (χ3v) is 6.14. The molecule has 1 aliphatic rings. The topological polar surface area (TPSA) is 66.4 Å². The maximum atomic E-state index is 12.4. The van der Waals surface area contributed by atoms with Crippen molar-refractivity contribution in [1.29, 1.82) is 0 Å². The quantitative estimate of drug-likeness (QED) is 0.848. The summed E-state index contributed by atoms with van der Waals surface area (Å²) in [5.74, 6) is 0. The van der Waals surface area contributed by atoms with Crippen LogP contribution in [0.4, 0.5) is 0 Å². The highest BCUT2D eigenvalue weighted by Crippen LogP contribution is 2.40. The molecule has 0 bridgehead atoms. The molecular weight excluding hydrogens is 286 g/mol. The zero-order valence-corrected chi connectivity index (χ0v) is 13.6. The van der Waals surface area contributed by atoms with Gasteiger partial charge in [0.1, 0.15) is 0 Å². The summed E-state index contributed by atoms with van der Waals surface area (Å²) >= 11 is 0. The van der Waals surface area contributed by atoms with E-state index in [9.17, 15) is 13.5 Å². The first-order chi connectivity index (χ1) is 9.88. The number of hydrogen-bond acceptors (Lipinski definition) is 3. The Morgan fingerprint density at radius 3 is 2.29 bits per heavy atom. The van der Waals surface area contributed by atoms with E-state index in [2.05, 4.69) is 11.6 Å². The van der Waals surface area contributed by atoms with Gasteiger partial charge in [0.05, 0.1) is 11.0 Å². The van der Waals surface area contributed by atoms with Crippen molar-refractivity contribution in [3.8, 4) is 0 Å². The number of hydrogen-bond donors (Lipinski definition) is 2. The van der Waals surface area contributed by atoms with E-state index in [1.807, 2.05) is 0 Å². The van der Waals surface area contributed by atoms with Gasteiger partial charge in [0.25, 0.3) is 0 Å². The van der Waals surface area contributed by atoms with Gasteiger partial charge in [-0.05, 0) is 49.3 Å². The molecule has 0 saturated heterocycles. The molecule has 1 unspecified atom stereocenters. The summed E-state index contributed by atoms with van der Waals surface area (Å²) in [4.78, 5) is 0.260. The van der Waals surface area contributed by atoms with Crippen LogP contribution in [0.5, 0.6) is 0 Å². The Morgan fingerprint density at radius 2 is 1.81 bits per heavy atom. The normalized spacial score (nSPS) is 19.6. The third kappa shape index (κ3) is 3.84. The number of rotatable bonds is 6. The van der Waals surface area contributed by atoms with E-state index in [1.165, 1.54) is 12.8 Å². The Kier molecular flexibility index (Phi) is 5.07. The van der Waals surface area contributed by atoms with Crippen LogP contribution in [0.25, 0.3) is 0 Å². The lowest BCUT2D eigenvalue weighted by molar-refractivity contribution is 0.199. The Balaban J connectivity index is 2.07. The van der Waals surface area contributed by atoms with E-state index in [4.69, 9.17) is 0 Å². The first kappa shape index (κ1) is 16.5. The second-order valence-corrected chi connectivity index (χ2v) is 7.90. The molecule has 1 aromatic rings. The maximum absolute atomic E-state index is 12.4. The van der Waals surface area contributed by atoms with Crippen LogP contribution in [0.1, 0.15) is 57.6 Å². The lowest BCUT2D eigenvalue weighted by atomic mass is 9.84. The monoisotopic (exact) mass is 311 g/mol. The molecule has 1 atom stereocenters. The van der Waals surface area contributed by atoms with E-state index in [0.717, 1.165) is 24.8 Å². The summed E-state index contributed by atoms with van der Waals surface area (Å²) in [6.07, 6.45) is 5.02. The van der Waals surface area contributed by atoms with Crippen LogP contribution in [0.15, 0.2) is 29.2 Å². The van der Waals surface area contributed by atoms with Gasteiger partial charge in [0.2, 0.25) is 10.0 Å². The minimum absolute atomic E-state index is 0.132. The van der Waals surface area contributed by atoms with Crippen LogP contribution >= 0.6 is 0 Å². The Labute approximate surface area is 127 Å². The fraction of sp³-hybridized carbons (Fsp3) is 0.625. The van der Waals surface area contributed by atoms with Gasteiger partial charge in [-0.1, -0.05) is 31.9 Å². The Morgan fingerprint density at radius 1 is 1.24 bits per heavy atom. The highest BCUT2D eigenvalue weighted by Gasteiger charge is 2.33. The lowest BCUT2D eigenvalue weighted by Crippen LogP contribution is -2.35. The maximum Gasteiger partial charge on any atom is 0.240 e. The minimum atomic E-state index is -3.47. The summed E-state index contributed by atoms with van der Waals surface area (Å²) in [6, 6.07) is 6.42. The van der Waals surface area contributed by atoms with E-state index in [0.29, 0.717) is 6.54 Å². The Hall–Kier alpha value is -0.910. The van der Waals surface area contributed by atoms with Gasteiger partial charge >= 0.3 is 0 Å². The van der Waals surface area contributed by atoms with Crippen molar-refractivity contribution in [2.45, 2.75) is 57.0 Å². The Bertz CT molecular complexity index is 558. The molecule has 1 fully saturated rings. The molecule has 0 heterocycles. The first-order valence-electron chi connectivity index (χ1n) is 7.66. The van der Waals surface area contributed by atoms with Gasteiger partial charge in [-0.15, -0.1) is 0 Å². The van der Waals surface area contributed by atoms with E-state index in [-0.39, 0.29) is 10.3 Å². The second kappa shape index (κ2) is 6.46. The standard InChI is InChI=1S/C16H25NO3S/c1-3-16(10-4-5-11-16)12-17-21(19,20)15-8-6-14(7-9-15)13(2)18/h6-9,13,17-18H,3-5,10-12H2,1-2H3. The highest BCUT2D eigenvalue weighted by molar-refractivity contribution is 7.89. The molecule has 1 aromatic carbocycles. The zero-order chi connectivity index (χ0) is 15.5. The molecule has 5 heteroatoms. The molecule has 1 saturated carbocycles. The molecule has 118 valence electrons. The predicted octanol–water partition coefficient (Wildman–Crippen LogP) is 2.99. The fourth-order valence-electron chi connectivity index (χ4n) is 3.04. The van der Waals surface area contributed by atoms with E-state index >= 15 is 0 Å². The molecule has 0 spiro atoms. The van der Waals surface area contributed by atoms with E-state index < -0.39 is 16.1 Å². The van der Waals surface area contributed by atoms with Crippen LogP contribution < -0.4 is 4.72 Å². The molecule has 0 aliphatic heterocycles. The van der Waals surface area contributed by atoms with Crippen molar-refractivity contribution in [2.75, 3.05) is 6.54 Å². The largest absolute Gasteiger partial charge is 0.389 e. The highest BCUT2D eigenvalue weighted by atomic mass is 32.2. The van der Waals surface area contributed by atoms with Crippen LogP contribution in [-0.2, 0) is 10.0 Å². The predicted molar refractivity (Wildman–Crippen MR) is 83.5 cm³/mol. The molecule has 4 nitrogen and oxygen atoms in total. The van der Waals surface area contributed by atoms with Crippen LogP contribution in [0, 0.1) is 5.41 Å². The zero-order valence-electron chi connectivity index (χ0n) is 12.8. The number of aliphatic hydroxyl groups excluding tert-OH is 1. The molecule has 21 heavy (non-hydrogen) atoms. The van der Waals surface area contributed by atoms with Crippen molar-refractivity contribution in [3.63, 3.8) is 0 Å². The van der Waals surface area contributed by atoms with Gasteiger partial charge in [0.15, 0.2) is 0 Å². The van der Waals surface area contributed by atoms with Crippen molar-refractivity contribution < 1.29 is 13.5 Å². The SMILES string of the molecule is CCC1(CNS(=O)(=O)c2ccc(C(C)O)cc2)CCCC1. The van der Waals surface area contributed by atoms with Gasteiger partial charge in [-0.3, -0.25) is 0 Å². The van der Waals surface area contributed by atoms with Crippen LogP contribution in [0.3, 0.4) is 0 Å². The molecule has 2 rings (SSSR count). The molecule has 0 amide bonds. The molecule has 0 radical (unpaired) electrons. The smallest absolute Gasteiger partial charge is 0.240 e. The fourth-order valence-corrected chi connectivity index (χ4v) is 4.19. The van der Waals surface area contributed by atoms with Crippen LogP contribution in [-0.4, -0.2) is 20.1 Å². The van der Waals surface area contributed by atoms with Gasteiger partial charge in [-0.25, -0.2) is 13.1 Å². The summed E-state index contributed by atoms with van der Waals surface area (Å²) in [5, 5.41) is 9.47. The molecule has 0 aromatic heterocycles. The number of benzene rings is 1. The molecule has 2 N–H and O–H groups in total. The van der Waals surface area contributed by atoms with Crippen molar-refractivity contribution in [3.05, 3.63) is 29.8 Å². The molecular formula is C16H25NO3S. The summed E-state index contributed by atoms with van der Waals surface area (Å²) in [6.45, 7) is 4.31. The first-order valence-corrected chi connectivity index (χ1v) is 9.15. The van der Waals surface area contributed by atoms with Gasteiger partial charge in [0, 0.05) is 6.54 Å². The lowest BCUT2D eigenvalue weighted by Gasteiger charge is -2.27.